The van der Waals surface area contributed by atoms with Crippen LogP contribution in [0.1, 0.15) is 10.7 Å². The minimum Gasteiger partial charge on any atom is -0.267 e. The summed E-state index contributed by atoms with van der Waals surface area (Å²) in [5.74, 6) is 0.660. The van der Waals surface area contributed by atoms with Gasteiger partial charge in [0.2, 0.25) is 0 Å². The maximum absolute atomic E-state index is 13.2. The number of hydrogen-bond acceptors (Lipinski definition) is 3. The van der Waals surface area contributed by atoms with Crippen molar-refractivity contribution in [3.8, 4) is 11.1 Å². The normalized spacial score (nSPS) is 11.3. The highest BCUT2D eigenvalue weighted by Gasteiger charge is 2.19. The van der Waals surface area contributed by atoms with Gasteiger partial charge in [0.05, 0.1) is 5.39 Å². The van der Waals surface area contributed by atoms with E-state index in [-0.39, 0.29) is 5.56 Å². The van der Waals surface area contributed by atoms with Crippen molar-refractivity contribution < 1.29 is 0 Å². The third-order valence-corrected chi connectivity index (χ3v) is 5.25. The predicted octanol–water partition coefficient (Wildman–Crippen LogP) is 4.51. The molecule has 1 aromatic carbocycles. The van der Waals surface area contributed by atoms with E-state index in [9.17, 15) is 4.79 Å². The van der Waals surface area contributed by atoms with Crippen LogP contribution in [-0.4, -0.2) is 14.3 Å². The number of hydrogen-bond donors (Lipinski definition) is 0. The van der Waals surface area contributed by atoms with Crippen LogP contribution in [0.4, 0.5) is 0 Å². The fourth-order valence-electron chi connectivity index (χ4n) is 2.95. The molecule has 0 amide bonds. The number of halogens is 1. The van der Waals surface area contributed by atoms with Gasteiger partial charge in [-0.3, -0.25) is 9.47 Å². The molecule has 0 spiro atoms. The molecule has 0 aliphatic heterocycles. The van der Waals surface area contributed by atoms with Crippen LogP contribution in [-0.2, 0) is 0 Å². The van der Waals surface area contributed by atoms with Crippen LogP contribution < -0.4 is 5.56 Å². The molecule has 24 heavy (non-hydrogen) atoms. The third kappa shape index (κ3) is 2.28. The fraction of sp³-hybridized carbons (Fsp3) is 0.111. The molecule has 0 aliphatic carbocycles. The topological polar surface area (TPSA) is 39.8 Å². The van der Waals surface area contributed by atoms with Crippen molar-refractivity contribution >= 4 is 33.2 Å². The first-order chi connectivity index (χ1) is 11.6. The van der Waals surface area contributed by atoms with Crippen LogP contribution in [0.25, 0.3) is 21.3 Å². The van der Waals surface area contributed by atoms with Gasteiger partial charge in [-0.1, -0.05) is 23.7 Å². The van der Waals surface area contributed by atoms with Crippen LogP contribution >= 0.6 is 22.9 Å². The van der Waals surface area contributed by atoms with Gasteiger partial charge >= 0.3 is 0 Å². The highest BCUT2D eigenvalue weighted by atomic mass is 35.5. The van der Waals surface area contributed by atoms with Crippen molar-refractivity contribution in [2.75, 3.05) is 0 Å². The second-order valence-corrected chi connectivity index (χ2v) is 7.20. The summed E-state index contributed by atoms with van der Waals surface area (Å²) >= 11 is 7.54. The van der Waals surface area contributed by atoms with Crippen molar-refractivity contribution in [1.29, 1.82) is 0 Å². The Morgan fingerprint density at radius 2 is 1.75 bits per heavy atom. The quantitative estimate of drug-likeness (QED) is 0.530. The third-order valence-electron chi connectivity index (χ3n) is 3.99. The number of thiophene rings is 1. The summed E-state index contributed by atoms with van der Waals surface area (Å²) in [6.45, 7) is 3.86. The number of fused-ring (bicyclic) bond motifs is 1. The fourth-order valence-corrected chi connectivity index (χ4v) is 4.16. The smallest absolute Gasteiger partial charge is 0.267 e. The highest BCUT2D eigenvalue weighted by Crippen LogP contribution is 2.36. The summed E-state index contributed by atoms with van der Waals surface area (Å²) in [5.41, 5.74) is 1.85. The molecule has 0 bridgehead atoms. The Balaban J connectivity index is 2.09. The van der Waals surface area contributed by atoms with E-state index >= 15 is 0 Å². The molecule has 3 aromatic heterocycles. The maximum atomic E-state index is 13.2. The molecule has 0 saturated carbocycles. The lowest BCUT2D eigenvalue weighted by molar-refractivity contribution is 0.603. The molecular weight excluding hydrogens is 342 g/mol. The average molecular weight is 356 g/mol. The SMILES string of the molecule is Cc1sc2nc(C)n(-n3cccc3)c(=O)c2c1-c1ccc(Cl)cc1. The largest absolute Gasteiger partial charge is 0.282 e. The first-order valence-electron chi connectivity index (χ1n) is 7.48. The summed E-state index contributed by atoms with van der Waals surface area (Å²) in [4.78, 5) is 19.7. The van der Waals surface area contributed by atoms with Gasteiger partial charge in [-0.2, -0.15) is 4.68 Å². The van der Waals surface area contributed by atoms with Crippen molar-refractivity contribution in [1.82, 2.24) is 14.3 Å². The van der Waals surface area contributed by atoms with Crippen molar-refractivity contribution in [3.63, 3.8) is 0 Å². The van der Waals surface area contributed by atoms with Crippen LogP contribution in [0, 0.1) is 13.8 Å². The summed E-state index contributed by atoms with van der Waals surface area (Å²) in [6, 6.07) is 11.3. The molecule has 6 heteroatoms. The molecular formula is C18H14ClN3OS. The van der Waals surface area contributed by atoms with E-state index in [1.165, 1.54) is 0 Å². The Bertz CT molecular complexity index is 1090. The number of nitrogens with zero attached hydrogens (tertiary/aromatic N) is 3. The van der Waals surface area contributed by atoms with Crippen LogP contribution in [0.15, 0.2) is 53.6 Å². The van der Waals surface area contributed by atoms with Gasteiger partial charge in [0.1, 0.15) is 10.7 Å². The zero-order chi connectivity index (χ0) is 16.8. The number of aryl methyl sites for hydroxylation is 2. The Kier molecular flexibility index (Phi) is 3.55. The molecule has 3 heterocycles. The first kappa shape index (κ1) is 15.2. The number of aromatic nitrogens is 3. The molecule has 120 valence electrons. The van der Waals surface area contributed by atoms with E-state index in [1.807, 2.05) is 62.6 Å². The average Bonchev–Trinajstić information content (AvgIpc) is 3.16. The minimum absolute atomic E-state index is 0.0667. The monoisotopic (exact) mass is 355 g/mol. The van der Waals surface area contributed by atoms with E-state index < -0.39 is 0 Å². The van der Waals surface area contributed by atoms with Crippen molar-refractivity contribution in [2.24, 2.45) is 0 Å². The molecule has 0 N–H and O–H groups in total. The van der Waals surface area contributed by atoms with Crippen molar-refractivity contribution in [2.45, 2.75) is 13.8 Å². The number of benzene rings is 1. The summed E-state index contributed by atoms with van der Waals surface area (Å²) < 4.78 is 3.34. The van der Waals surface area contributed by atoms with Crippen LogP contribution in [0.5, 0.6) is 0 Å². The molecule has 4 aromatic rings. The lowest BCUT2D eigenvalue weighted by Gasteiger charge is -2.11. The standard InChI is InChI=1S/C18H14ClN3OS/c1-11-15(13-5-7-14(19)8-6-13)16-17(24-11)20-12(2)22(18(16)23)21-9-3-4-10-21/h3-10H,1-2H3. The van der Waals surface area contributed by atoms with Gasteiger partial charge in [-0.25, -0.2) is 4.98 Å². The lowest BCUT2D eigenvalue weighted by Crippen LogP contribution is -2.28. The molecule has 0 aliphatic rings. The Morgan fingerprint density at radius 1 is 1.08 bits per heavy atom. The van der Waals surface area contributed by atoms with Gasteiger partial charge < -0.3 is 0 Å². The van der Waals surface area contributed by atoms with Gasteiger partial charge in [0, 0.05) is 27.9 Å². The summed E-state index contributed by atoms with van der Waals surface area (Å²) in [6.07, 6.45) is 3.67. The Labute approximate surface area is 147 Å². The molecule has 0 unspecified atom stereocenters. The molecule has 4 rings (SSSR count). The van der Waals surface area contributed by atoms with E-state index in [4.69, 9.17) is 11.6 Å². The molecule has 4 nitrogen and oxygen atoms in total. The number of rotatable bonds is 2. The van der Waals surface area contributed by atoms with Crippen LogP contribution in [0.2, 0.25) is 5.02 Å². The maximum Gasteiger partial charge on any atom is 0.282 e. The summed E-state index contributed by atoms with van der Waals surface area (Å²) in [7, 11) is 0. The minimum atomic E-state index is -0.0667. The van der Waals surface area contributed by atoms with E-state index in [0.717, 1.165) is 20.8 Å². The van der Waals surface area contributed by atoms with E-state index in [0.29, 0.717) is 16.2 Å². The zero-order valence-electron chi connectivity index (χ0n) is 13.2. The second-order valence-electron chi connectivity index (χ2n) is 5.56. The first-order valence-corrected chi connectivity index (χ1v) is 8.68. The van der Waals surface area contributed by atoms with Crippen molar-refractivity contribution in [3.05, 3.63) is 74.9 Å². The van der Waals surface area contributed by atoms with Gasteiger partial charge in [-0.05, 0) is 43.7 Å². The van der Waals surface area contributed by atoms with Crippen LogP contribution in [0.3, 0.4) is 0 Å². The van der Waals surface area contributed by atoms with E-state index in [2.05, 4.69) is 4.98 Å². The van der Waals surface area contributed by atoms with Gasteiger partial charge in [-0.15, -0.1) is 11.3 Å². The second kappa shape index (κ2) is 5.61. The molecule has 0 saturated heterocycles. The predicted molar refractivity (Wildman–Crippen MR) is 99.0 cm³/mol. The summed E-state index contributed by atoms with van der Waals surface area (Å²) in [5, 5.41) is 1.33. The molecule has 0 atom stereocenters. The van der Waals surface area contributed by atoms with E-state index in [1.54, 1.807) is 20.7 Å². The van der Waals surface area contributed by atoms with Gasteiger partial charge in [0.15, 0.2) is 0 Å². The molecule has 0 radical (unpaired) electrons. The molecule has 0 fully saturated rings. The lowest BCUT2D eigenvalue weighted by atomic mass is 10.0. The highest BCUT2D eigenvalue weighted by molar-refractivity contribution is 7.19. The zero-order valence-corrected chi connectivity index (χ0v) is 14.7. The van der Waals surface area contributed by atoms with Gasteiger partial charge in [0.25, 0.3) is 5.56 Å². The Morgan fingerprint density at radius 3 is 2.42 bits per heavy atom. The Hall–Kier alpha value is -2.37.